The number of rotatable bonds is 7. The van der Waals surface area contributed by atoms with Gasteiger partial charge in [-0.3, -0.25) is 14.5 Å². The maximum atomic E-state index is 13.4. The predicted octanol–water partition coefficient (Wildman–Crippen LogP) is 3.59. The Balaban J connectivity index is 1.61. The predicted molar refractivity (Wildman–Crippen MR) is 108 cm³/mol. The fourth-order valence-electron chi connectivity index (χ4n) is 3.29. The number of anilines is 1. The van der Waals surface area contributed by atoms with Crippen molar-refractivity contribution in [1.29, 1.82) is 0 Å². The highest BCUT2D eigenvalue weighted by Gasteiger charge is 2.29. The largest absolute Gasteiger partial charge is 0.497 e. The maximum Gasteiger partial charge on any atom is 0.276 e. The van der Waals surface area contributed by atoms with Gasteiger partial charge in [0, 0.05) is 43.5 Å². The van der Waals surface area contributed by atoms with Crippen LogP contribution in [0.25, 0.3) is 0 Å². The average molecular weight is 376 g/mol. The summed E-state index contributed by atoms with van der Waals surface area (Å²) in [5.74, 6) is 1.22. The van der Waals surface area contributed by atoms with Gasteiger partial charge >= 0.3 is 0 Å². The third-order valence-corrected chi connectivity index (χ3v) is 5.06. The number of methoxy groups -OCH3 is 1. The lowest BCUT2D eigenvalue weighted by molar-refractivity contribution is 0.0978. The summed E-state index contributed by atoms with van der Waals surface area (Å²) < 4.78 is 6.95. The van der Waals surface area contributed by atoms with Crippen molar-refractivity contribution >= 4 is 11.6 Å². The van der Waals surface area contributed by atoms with E-state index in [1.54, 1.807) is 22.9 Å². The van der Waals surface area contributed by atoms with E-state index in [9.17, 15) is 4.79 Å². The van der Waals surface area contributed by atoms with Gasteiger partial charge in [0.2, 0.25) is 0 Å². The first kappa shape index (κ1) is 18.2. The molecule has 3 aromatic rings. The molecule has 1 aliphatic rings. The van der Waals surface area contributed by atoms with Crippen LogP contribution in [-0.2, 0) is 13.5 Å². The van der Waals surface area contributed by atoms with Gasteiger partial charge in [0.25, 0.3) is 5.91 Å². The summed E-state index contributed by atoms with van der Waals surface area (Å²) in [4.78, 5) is 19.6. The molecule has 1 fully saturated rings. The van der Waals surface area contributed by atoms with Crippen LogP contribution in [0, 0.1) is 0 Å². The van der Waals surface area contributed by atoms with Gasteiger partial charge in [-0.1, -0.05) is 6.07 Å². The Morgan fingerprint density at radius 2 is 2.00 bits per heavy atom. The highest BCUT2D eigenvalue weighted by molar-refractivity contribution is 6.05. The van der Waals surface area contributed by atoms with Gasteiger partial charge in [-0.15, -0.1) is 0 Å². The molecule has 0 N–H and O–H groups in total. The molecule has 0 aliphatic heterocycles. The quantitative estimate of drug-likeness (QED) is 0.632. The summed E-state index contributed by atoms with van der Waals surface area (Å²) >= 11 is 0. The molecule has 144 valence electrons. The van der Waals surface area contributed by atoms with Gasteiger partial charge in [-0.05, 0) is 55.3 Å². The Kier molecular flexibility index (Phi) is 5.10. The second-order valence-corrected chi connectivity index (χ2v) is 7.08. The number of benzene rings is 1. The lowest BCUT2D eigenvalue weighted by Crippen LogP contribution is -2.34. The normalized spacial score (nSPS) is 13.4. The third kappa shape index (κ3) is 3.91. The summed E-state index contributed by atoms with van der Waals surface area (Å²) in [6, 6.07) is 15.3. The summed E-state index contributed by atoms with van der Waals surface area (Å²) in [7, 11) is 3.47. The van der Waals surface area contributed by atoms with Crippen molar-refractivity contribution in [2.45, 2.75) is 25.2 Å². The number of ether oxygens (including phenoxy) is 1. The van der Waals surface area contributed by atoms with Crippen molar-refractivity contribution in [1.82, 2.24) is 14.8 Å². The molecule has 0 unspecified atom stereocenters. The molecule has 6 heteroatoms. The van der Waals surface area contributed by atoms with Gasteiger partial charge < -0.3 is 9.64 Å². The van der Waals surface area contributed by atoms with Gasteiger partial charge in [0.1, 0.15) is 11.4 Å². The molecule has 2 heterocycles. The van der Waals surface area contributed by atoms with E-state index in [0.717, 1.165) is 35.7 Å². The van der Waals surface area contributed by atoms with E-state index in [1.165, 1.54) is 0 Å². The van der Waals surface area contributed by atoms with Crippen LogP contribution in [0.3, 0.4) is 0 Å². The molecule has 0 spiro atoms. The Labute approximate surface area is 164 Å². The van der Waals surface area contributed by atoms with Crippen molar-refractivity contribution in [3.8, 4) is 5.75 Å². The number of carbonyl (C=O) groups is 1. The van der Waals surface area contributed by atoms with E-state index in [0.29, 0.717) is 24.6 Å². The number of nitrogens with zero attached hydrogens (tertiary/aromatic N) is 4. The van der Waals surface area contributed by atoms with Gasteiger partial charge in [0.05, 0.1) is 12.8 Å². The molecule has 2 aromatic heterocycles. The van der Waals surface area contributed by atoms with Crippen molar-refractivity contribution in [3.05, 3.63) is 71.8 Å². The Morgan fingerprint density at radius 1 is 1.21 bits per heavy atom. The molecule has 0 atom stereocenters. The second kappa shape index (κ2) is 7.84. The van der Waals surface area contributed by atoms with Crippen LogP contribution in [0.4, 0.5) is 5.69 Å². The van der Waals surface area contributed by atoms with Crippen molar-refractivity contribution in [3.63, 3.8) is 0 Å². The number of hydrogen-bond donors (Lipinski definition) is 0. The molecule has 1 amide bonds. The van der Waals surface area contributed by atoms with Gasteiger partial charge in [-0.2, -0.15) is 5.10 Å². The smallest absolute Gasteiger partial charge is 0.276 e. The minimum Gasteiger partial charge on any atom is -0.497 e. The van der Waals surface area contributed by atoms with Gasteiger partial charge in [0.15, 0.2) is 0 Å². The van der Waals surface area contributed by atoms with E-state index in [2.05, 4.69) is 10.1 Å². The molecule has 0 bridgehead atoms. The number of hydrogen-bond acceptors (Lipinski definition) is 4. The third-order valence-electron chi connectivity index (χ3n) is 5.06. The fraction of sp³-hybridized carbons (Fsp3) is 0.318. The second-order valence-electron chi connectivity index (χ2n) is 7.08. The van der Waals surface area contributed by atoms with Crippen LogP contribution >= 0.6 is 0 Å². The molecule has 4 rings (SSSR count). The van der Waals surface area contributed by atoms with Crippen molar-refractivity contribution in [2.75, 3.05) is 18.6 Å². The lowest BCUT2D eigenvalue weighted by Gasteiger charge is -2.23. The minimum atomic E-state index is -0.0528. The molecule has 28 heavy (non-hydrogen) atoms. The first-order chi connectivity index (χ1) is 13.7. The first-order valence-electron chi connectivity index (χ1n) is 9.55. The summed E-state index contributed by atoms with van der Waals surface area (Å²) in [6.07, 6.45) is 4.77. The van der Waals surface area contributed by atoms with Crippen molar-refractivity contribution in [2.24, 2.45) is 7.05 Å². The topological polar surface area (TPSA) is 60.2 Å². The zero-order valence-electron chi connectivity index (χ0n) is 16.2. The van der Waals surface area contributed by atoms with E-state index in [-0.39, 0.29) is 5.91 Å². The Morgan fingerprint density at radius 3 is 2.64 bits per heavy atom. The van der Waals surface area contributed by atoms with Crippen molar-refractivity contribution < 1.29 is 9.53 Å². The van der Waals surface area contributed by atoms with Crippen LogP contribution in [0.2, 0.25) is 0 Å². The molecule has 1 aromatic carbocycles. The van der Waals surface area contributed by atoms with E-state index >= 15 is 0 Å². The Hall–Kier alpha value is -3.15. The number of amides is 1. The zero-order valence-corrected chi connectivity index (χ0v) is 16.2. The summed E-state index contributed by atoms with van der Waals surface area (Å²) in [6.45, 7) is 0.534. The lowest BCUT2D eigenvalue weighted by atomic mass is 10.2. The van der Waals surface area contributed by atoms with Crippen LogP contribution in [-0.4, -0.2) is 34.3 Å². The number of carbonyl (C=O) groups excluding carboxylic acids is 1. The van der Waals surface area contributed by atoms with Gasteiger partial charge in [-0.25, -0.2) is 0 Å². The maximum absolute atomic E-state index is 13.4. The summed E-state index contributed by atoms with van der Waals surface area (Å²) in [5, 5.41) is 4.55. The van der Waals surface area contributed by atoms with E-state index in [1.807, 2.05) is 55.6 Å². The van der Waals surface area contributed by atoms with E-state index in [4.69, 9.17) is 4.74 Å². The first-order valence-corrected chi connectivity index (χ1v) is 9.55. The van der Waals surface area contributed by atoms with Crippen LogP contribution in [0.5, 0.6) is 5.75 Å². The fourth-order valence-corrected chi connectivity index (χ4v) is 3.29. The molecule has 6 nitrogen and oxygen atoms in total. The van der Waals surface area contributed by atoms with Crippen LogP contribution < -0.4 is 9.64 Å². The van der Waals surface area contributed by atoms with Crippen LogP contribution in [0.1, 0.15) is 40.6 Å². The highest BCUT2D eigenvalue weighted by atomic mass is 16.5. The zero-order chi connectivity index (χ0) is 19.5. The summed E-state index contributed by atoms with van der Waals surface area (Å²) in [5.41, 5.74) is 3.41. The number of aromatic nitrogens is 3. The number of aryl methyl sites for hydroxylation is 1. The Bertz CT molecular complexity index is 946. The molecular formula is C22H24N4O2. The minimum absolute atomic E-state index is 0.0528. The number of pyridine rings is 1. The van der Waals surface area contributed by atoms with Crippen LogP contribution in [0.15, 0.2) is 54.7 Å². The highest BCUT2D eigenvalue weighted by Crippen LogP contribution is 2.39. The SMILES string of the molecule is COc1ccc(N(CCc2ccccn2)C(=O)c2cc(C3CC3)nn2C)cc1. The monoisotopic (exact) mass is 376 g/mol. The van der Waals surface area contributed by atoms with E-state index < -0.39 is 0 Å². The molecule has 0 radical (unpaired) electrons. The molecule has 1 aliphatic carbocycles. The molecule has 0 saturated heterocycles. The standard InChI is InChI=1S/C22H24N4O2/c1-25-21(15-20(24-25)16-6-7-16)22(27)26(14-12-17-5-3-4-13-23-17)18-8-10-19(28-2)11-9-18/h3-5,8-11,13,15-16H,6-7,12,14H2,1-2H3. The molecule has 1 saturated carbocycles. The molecular weight excluding hydrogens is 352 g/mol. The average Bonchev–Trinajstić information content (AvgIpc) is 3.51.